The highest BCUT2D eigenvalue weighted by atomic mass is 15.2. The summed E-state index contributed by atoms with van der Waals surface area (Å²) in [6.07, 6.45) is 2.78. The molecule has 0 spiro atoms. The number of hydrogen-bond donors (Lipinski definition) is 1. The van der Waals surface area contributed by atoms with Gasteiger partial charge in [-0.15, -0.1) is 0 Å². The van der Waals surface area contributed by atoms with Crippen molar-refractivity contribution < 1.29 is 0 Å². The number of nitrogens with one attached hydrogen (secondary N) is 1. The van der Waals surface area contributed by atoms with Crippen LogP contribution in [0.15, 0.2) is 0 Å². The lowest BCUT2D eigenvalue weighted by atomic mass is 10.2. The molecule has 2 aliphatic heterocycles. The van der Waals surface area contributed by atoms with E-state index in [1.54, 1.807) is 0 Å². The van der Waals surface area contributed by atoms with Gasteiger partial charge in [0, 0.05) is 25.7 Å². The van der Waals surface area contributed by atoms with Crippen molar-refractivity contribution in [3.63, 3.8) is 0 Å². The third-order valence-electron chi connectivity index (χ3n) is 2.27. The monoisotopic (exact) mass is 125 g/mol. The first-order valence-electron chi connectivity index (χ1n) is 3.76. The van der Waals surface area contributed by atoms with E-state index >= 15 is 0 Å². The van der Waals surface area contributed by atoms with Crippen LogP contribution >= 0.6 is 0 Å². The molecule has 1 unspecified atom stereocenters. The molecule has 0 aromatic heterocycles. The molecule has 2 nitrogen and oxygen atoms in total. The van der Waals surface area contributed by atoms with E-state index in [1.165, 1.54) is 25.9 Å². The summed E-state index contributed by atoms with van der Waals surface area (Å²) >= 11 is 0. The molecule has 0 bridgehead atoms. The summed E-state index contributed by atoms with van der Waals surface area (Å²) in [6.45, 7) is 5.88. The fourth-order valence-corrected chi connectivity index (χ4v) is 1.75. The van der Waals surface area contributed by atoms with E-state index in [-0.39, 0.29) is 0 Å². The lowest BCUT2D eigenvalue weighted by Gasteiger charge is -2.29. The van der Waals surface area contributed by atoms with Crippen molar-refractivity contribution in [2.75, 3.05) is 19.6 Å². The third kappa shape index (κ3) is 0.970. The van der Waals surface area contributed by atoms with Crippen molar-refractivity contribution in [3.05, 3.63) is 6.54 Å². The highest BCUT2D eigenvalue weighted by molar-refractivity contribution is 4.90. The molecule has 0 aliphatic carbocycles. The molecule has 1 N–H and O–H groups in total. The van der Waals surface area contributed by atoms with E-state index in [0.29, 0.717) is 0 Å². The van der Waals surface area contributed by atoms with Gasteiger partial charge in [0.05, 0.1) is 0 Å². The summed E-state index contributed by atoms with van der Waals surface area (Å²) in [4.78, 5) is 2.48. The Balaban J connectivity index is 1.97. The molecular formula is C7H13N2. The number of piperazine rings is 1. The zero-order valence-electron chi connectivity index (χ0n) is 5.64. The zero-order chi connectivity index (χ0) is 6.10. The van der Waals surface area contributed by atoms with Crippen LogP contribution in [0.4, 0.5) is 0 Å². The average Bonchev–Trinajstić information content (AvgIpc) is 2.33. The Labute approximate surface area is 56.2 Å². The molecule has 0 aromatic carbocycles. The Morgan fingerprint density at radius 1 is 1.56 bits per heavy atom. The molecular weight excluding hydrogens is 112 g/mol. The summed E-state index contributed by atoms with van der Waals surface area (Å²) in [5.41, 5.74) is 0. The van der Waals surface area contributed by atoms with Crippen LogP contribution in [0, 0.1) is 6.54 Å². The average molecular weight is 125 g/mol. The van der Waals surface area contributed by atoms with Gasteiger partial charge in [-0.1, -0.05) is 0 Å². The maximum absolute atomic E-state index is 3.36. The largest absolute Gasteiger partial charge is 0.314 e. The Morgan fingerprint density at radius 3 is 3.44 bits per heavy atom. The van der Waals surface area contributed by atoms with Crippen molar-refractivity contribution in [2.45, 2.75) is 18.9 Å². The number of hydrogen-bond acceptors (Lipinski definition) is 2. The smallest absolute Gasteiger partial charge is 0.0392 e. The van der Waals surface area contributed by atoms with Gasteiger partial charge in [0.25, 0.3) is 0 Å². The molecule has 2 saturated heterocycles. The Hall–Kier alpha value is -0.0800. The number of fused-ring (bicyclic) bond motifs is 1. The third-order valence-corrected chi connectivity index (χ3v) is 2.27. The first-order chi connectivity index (χ1) is 4.47. The Kier molecular flexibility index (Phi) is 1.44. The van der Waals surface area contributed by atoms with Gasteiger partial charge >= 0.3 is 0 Å². The molecule has 9 heavy (non-hydrogen) atoms. The van der Waals surface area contributed by atoms with Crippen molar-refractivity contribution in [3.8, 4) is 0 Å². The summed E-state index contributed by atoms with van der Waals surface area (Å²) in [5, 5.41) is 3.36. The van der Waals surface area contributed by atoms with E-state index in [0.717, 1.165) is 12.6 Å². The fraction of sp³-hybridized carbons (Fsp3) is 0.857. The molecule has 2 fully saturated rings. The van der Waals surface area contributed by atoms with E-state index < -0.39 is 0 Å². The van der Waals surface area contributed by atoms with Gasteiger partial charge in [-0.05, 0) is 19.4 Å². The second-order valence-electron chi connectivity index (χ2n) is 2.87. The van der Waals surface area contributed by atoms with Crippen molar-refractivity contribution in [2.24, 2.45) is 0 Å². The molecule has 2 rings (SSSR count). The van der Waals surface area contributed by atoms with E-state index in [2.05, 4.69) is 16.8 Å². The van der Waals surface area contributed by atoms with E-state index in [9.17, 15) is 0 Å². The van der Waals surface area contributed by atoms with Crippen LogP contribution in [0.3, 0.4) is 0 Å². The Bertz CT molecular complexity index is 91.1. The van der Waals surface area contributed by atoms with Crippen molar-refractivity contribution in [1.82, 2.24) is 10.2 Å². The summed E-state index contributed by atoms with van der Waals surface area (Å²) < 4.78 is 0. The molecule has 1 radical (unpaired) electrons. The second kappa shape index (κ2) is 2.27. The topological polar surface area (TPSA) is 15.3 Å². The van der Waals surface area contributed by atoms with Crippen molar-refractivity contribution in [1.29, 1.82) is 0 Å². The minimum absolute atomic E-state index is 0.832. The SMILES string of the molecule is [CH]1CNCC2CCCN12. The van der Waals surface area contributed by atoms with Crippen LogP contribution in [-0.4, -0.2) is 30.6 Å². The molecule has 0 aromatic rings. The standard InChI is InChI=1S/C7H13N2/c1-2-7-6-8-3-5-9(7)4-1/h5,7-8H,1-4,6H2. The minimum Gasteiger partial charge on any atom is -0.314 e. The normalized spacial score (nSPS) is 36.7. The summed E-state index contributed by atoms with van der Waals surface area (Å²) in [5.74, 6) is 0. The van der Waals surface area contributed by atoms with Gasteiger partial charge in [0.15, 0.2) is 0 Å². The van der Waals surface area contributed by atoms with E-state index in [1.807, 2.05) is 0 Å². The zero-order valence-corrected chi connectivity index (χ0v) is 5.64. The Morgan fingerprint density at radius 2 is 2.56 bits per heavy atom. The number of nitrogens with zero attached hydrogens (tertiary/aromatic N) is 1. The molecule has 0 amide bonds. The predicted octanol–water partition coefficient (Wildman–Crippen LogP) is 0.216. The first-order valence-corrected chi connectivity index (χ1v) is 3.76. The molecule has 2 heteroatoms. The van der Waals surface area contributed by atoms with Crippen LogP contribution in [0.2, 0.25) is 0 Å². The summed E-state index contributed by atoms with van der Waals surface area (Å²) in [7, 11) is 0. The maximum atomic E-state index is 3.36. The van der Waals surface area contributed by atoms with Gasteiger partial charge in [-0.25, -0.2) is 0 Å². The predicted molar refractivity (Wildman–Crippen MR) is 36.9 cm³/mol. The number of rotatable bonds is 0. The highest BCUT2D eigenvalue weighted by Gasteiger charge is 2.26. The quantitative estimate of drug-likeness (QED) is 0.498. The van der Waals surface area contributed by atoms with Crippen LogP contribution in [0.25, 0.3) is 0 Å². The van der Waals surface area contributed by atoms with Gasteiger partial charge in [0.1, 0.15) is 0 Å². The van der Waals surface area contributed by atoms with Crippen molar-refractivity contribution >= 4 is 0 Å². The van der Waals surface area contributed by atoms with Crippen LogP contribution in [0.1, 0.15) is 12.8 Å². The van der Waals surface area contributed by atoms with Gasteiger partial charge in [0.2, 0.25) is 0 Å². The summed E-state index contributed by atoms with van der Waals surface area (Å²) in [6, 6.07) is 0.832. The van der Waals surface area contributed by atoms with Gasteiger partial charge in [-0.3, -0.25) is 4.90 Å². The van der Waals surface area contributed by atoms with Crippen LogP contribution in [-0.2, 0) is 0 Å². The lowest BCUT2D eigenvalue weighted by molar-refractivity contribution is 0.261. The molecule has 51 valence electrons. The molecule has 2 heterocycles. The lowest BCUT2D eigenvalue weighted by Crippen LogP contribution is -2.44. The fourth-order valence-electron chi connectivity index (χ4n) is 1.75. The van der Waals surface area contributed by atoms with Gasteiger partial charge in [-0.2, -0.15) is 0 Å². The maximum Gasteiger partial charge on any atom is 0.0392 e. The van der Waals surface area contributed by atoms with Gasteiger partial charge < -0.3 is 5.32 Å². The minimum atomic E-state index is 0.832. The molecule has 0 saturated carbocycles. The van der Waals surface area contributed by atoms with E-state index in [4.69, 9.17) is 0 Å². The first kappa shape index (κ1) is 5.69. The second-order valence-corrected chi connectivity index (χ2v) is 2.87. The molecule has 1 atom stereocenters. The van der Waals surface area contributed by atoms with Crippen LogP contribution in [0.5, 0.6) is 0 Å². The highest BCUT2D eigenvalue weighted by Crippen LogP contribution is 2.19. The van der Waals surface area contributed by atoms with Crippen LogP contribution < -0.4 is 5.32 Å². The molecule has 2 aliphatic rings.